The molecular formula is C18H22N2O2. The highest BCUT2D eigenvalue weighted by atomic mass is 16.5. The summed E-state index contributed by atoms with van der Waals surface area (Å²) >= 11 is 0. The van der Waals surface area contributed by atoms with Gasteiger partial charge in [-0.3, -0.25) is 0 Å². The molecule has 4 nitrogen and oxygen atoms in total. The molecule has 4 heteroatoms. The van der Waals surface area contributed by atoms with Crippen LogP contribution in [-0.2, 0) is 6.54 Å². The van der Waals surface area contributed by atoms with E-state index in [1.807, 2.05) is 42.5 Å². The molecule has 0 aliphatic heterocycles. The Balaban J connectivity index is 1.76. The summed E-state index contributed by atoms with van der Waals surface area (Å²) in [6.45, 7) is 3.17. The molecule has 2 N–H and O–H groups in total. The molecule has 0 aliphatic rings. The minimum Gasteiger partial charge on any atom is -0.497 e. The summed E-state index contributed by atoms with van der Waals surface area (Å²) in [5, 5.41) is 5.75. The molecule has 0 saturated heterocycles. The standard InChI is InChI=1S/C18H22N2O2/c1-14(16-8-4-3-5-9-16)12-19-18(21)20-13-15-7-6-10-17(11-15)22-2/h3-11,14H,12-13H2,1-2H3,(H2,19,20,21). The monoisotopic (exact) mass is 298 g/mol. The second-order valence-electron chi connectivity index (χ2n) is 5.23. The van der Waals surface area contributed by atoms with Gasteiger partial charge in [0, 0.05) is 13.1 Å². The Labute approximate surface area is 131 Å². The van der Waals surface area contributed by atoms with Crippen molar-refractivity contribution in [3.63, 3.8) is 0 Å². The molecule has 2 aromatic carbocycles. The summed E-state index contributed by atoms with van der Waals surface area (Å²) < 4.78 is 5.16. The van der Waals surface area contributed by atoms with Crippen LogP contribution in [-0.4, -0.2) is 19.7 Å². The Hall–Kier alpha value is -2.49. The predicted octanol–water partition coefficient (Wildman–Crippen LogP) is 3.30. The van der Waals surface area contributed by atoms with Gasteiger partial charge >= 0.3 is 6.03 Å². The quantitative estimate of drug-likeness (QED) is 0.859. The van der Waals surface area contributed by atoms with Gasteiger partial charge in [0.1, 0.15) is 5.75 Å². The molecule has 2 rings (SSSR count). The van der Waals surface area contributed by atoms with Crippen LogP contribution in [0.2, 0.25) is 0 Å². The highest BCUT2D eigenvalue weighted by Gasteiger charge is 2.07. The Morgan fingerprint density at radius 3 is 2.59 bits per heavy atom. The largest absolute Gasteiger partial charge is 0.497 e. The molecule has 0 radical (unpaired) electrons. The highest BCUT2D eigenvalue weighted by molar-refractivity contribution is 5.73. The molecule has 0 spiro atoms. The summed E-state index contributed by atoms with van der Waals surface area (Å²) in [5.41, 5.74) is 2.22. The van der Waals surface area contributed by atoms with Gasteiger partial charge in [0.05, 0.1) is 7.11 Å². The number of carbonyl (C=O) groups is 1. The summed E-state index contributed by atoms with van der Waals surface area (Å²) in [6, 6.07) is 17.6. The number of hydrogen-bond acceptors (Lipinski definition) is 2. The molecule has 2 amide bonds. The van der Waals surface area contributed by atoms with Crippen LogP contribution in [0.15, 0.2) is 54.6 Å². The van der Waals surface area contributed by atoms with Gasteiger partial charge in [-0.2, -0.15) is 0 Å². The van der Waals surface area contributed by atoms with Crippen molar-refractivity contribution < 1.29 is 9.53 Å². The Morgan fingerprint density at radius 2 is 1.86 bits per heavy atom. The number of benzene rings is 2. The number of urea groups is 1. The van der Waals surface area contributed by atoms with Crippen LogP contribution in [0.4, 0.5) is 4.79 Å². The van der Waals surface area contributed by atoms with Crippen LogP contribution < -0.4 is 15.4 Å². The average Bonchev–Trinajstić information content (AvgIpc) is 2.58. The van der Waals surface area contributed by atoms with Crippen LogP contribution in [0.1, 0.15) is 24.0 Å². The van der Waals surface area contributed by atoms with Gasteiger partial charge in [-0.1, -0.05) is 49.4 Å². The van der Waals surface area contributed by atoms with Crippen LogP contribution in [0.25, 0.3) is 0 Å². The smallest absolute Gasteiger partial charge is 0.315 e. The van der Waals surface area contributed by atoms with E-state index >= 15 is 0 Å². The SMILES string of the molecule is COc1cccc(CNC(=O)NCC(C)c2ccccc2)c1. The molecule has 0 fully saturated rings. The lowest BCUT2D eigenvalue weighted by Crippen LogP contribution is -2.37. The zero-order chi connectivity index (χ0) is 15.8. The van der Waals surface area contributed by atoms with Crippen molar-refractivity contribution in [1.82, 2.24) is 10.6 Å². The predicted molar refractivity (Wildman–Crippen MR) is 88.1 cm³/mol. The van der Waals surface area contributed by atoms with Gasteiger partial charge in [0.2, 0.25) is 0 Å². The first-order valence-electron chi connectivity index (χ1n) is 7.38. The van der Waals surface area contributed by atoms with E-state index in [0.717, 1.165) is 11.3 Å². The van der Waals surface area contributed by atoms with E-state index in [0.29, 0.717) is 13.1 Å². The van der Waals surface area contributed by atoms with Crippen LogP contribution in [0.5, 0.6) is 5.75 Å². The van der Waals surface area contributed by atoms with E-state index in [4.69, 9.17) is 4.74 Å². The first-order chi connectivity index (χ1) is 10.7. The lowest BCUT2D eigenvalue weighted by molar-refractivity contribution is 0.240. The van der Waals surface area contributed by atoms with Crippen molar-refractivity contribution in [2.75, 3.05) is 13.7 Å². The second-order valence-corrected chi connectivity index (χ2v) is 5.23. The molecule has 22 heavy (non-hydrogen) atoms. The lowest BCUT2D eigenvalue weighted by Gasteiger charge is -2.14. The molecule has 0 aliphatic carbocycles. The molecule has 2 aromatic rings. The van der Waals surface area contributed by atoms with Gasteiger partial charge in [-0.25, -0.2) is 4.79 Å². The molecule has 0 heterocycles. The minimum atomic E-state index is -0.161. The Bertz CT molecular complexity index is 599. The fraction of sp³-hybridized carbons (Fsp3) is 0.278. The maximum absolute atomic E-state index is 11.9. The zero-order valence-electron chi connectivity index (χ0n) is 13.0. The van der Waals surface area contributed by atoms with E-state index in [-0.39, 0.29) is 11.9 Å². The summed E-state index contributed by atoms with van der Waals surface area (Å²) in [5.74, 6) is 1.07. The average molecular weight is 298 g/mol. The third-order valence-corrected chi connectivity index (χ3v) is 3.52. The van der Waals surface area contributed by atoms with Gasteiger partial charge in [-0.05, 0) is 29.2 Å². The minimum absolute atomic E-state index is 0.161. The van der Waals surface area contributed by atoms with Crippen molar-refractivity contribution in [2.24, 2.45) is 0 Å². The maximum Gasteiger partial charge on any atom is 0.315 e. The number of nitrogens with one attached hydrogen (secondary N) is 2. The molecule has 0 aromatic heterocycles. The molecule has 0 bridgehead atoms. The summed E-state index contributed by atoms with van der Waals surface area (Å²) in [6.07, 6.45) is 0. The van der Waals surface area contributed by atoms with E-state index in [1.54, 1.807) is 7.11 Å². The third kappa shape index (κ3) is 4.81. The van der Waals surface area contributed by atoms with Crippen molar-refractivity contribution >= 4 is 6.03 Å². The van der Waals surface area contributed by atoms with Crippen LogP contribution >= 0.6 is 0 Å². The van der Waals surface area contributed by atoms with Gasteiger partial charge in [0.25, 0.3) is 0 Å². The molecule has 1 atom stereocenters. The first-order valence-corrected chi connectivity index (χ1v) is 7.38. The normalized spacial score (nSPS) is 11.5. The number of rotatable bonds is 6. The van der Waals surface area contributed by atoms with Crippen molar-refractivity contribution in [1.29, 1.82) is 0 Å². The van der Waals surface area contributed by atoms with Gasteiger partial charge in [0.15, 0.2) is 0 Å². The van der Waals surface area contributed by atoms with E-state index in [9.17, 15) is 4.79 Å². The number of methoxy groups -OCH3 is 1. The number of carbonyl (C=O) groups excluding carboxylic acids is 1. The van der Waals surface area contributed by atoms with E-state index in [1.165, 1.54) is 5.56 Å². The lowest BCUT2D eigenvalue weighted by atomic mass is 10.0. The van der Waals surface area contributed by atoms with Gasteiger partial charge in [-0.15, -0.1) is 0 Å². The maximum atomic E-state index is 11.9. The first kappa shape index (κ1) is 15.9. The van der Waals surface area contributed by atoms with E-state index in [2.05, 4.69) is 29.7 Å². The fourth-order valence-electron chi connectivity index (χ4n) is 2.17. The molecule has 116 valence electrons. The fourth-order valence-corrected chi connectivity index (χ4v) is 2.17. The molecular weight excluding hydrogens is 276 g/mol. The third-order valence-electron chi connectivity index (χ3n) is 3.52. The van der Waals surface area contributed by atoms with Gasteiger partial charge < -0.3 is 15.4 Å². The zero-order valence-corrected chi connectivity index (χ0v) is 13.0. The Morgan fingerprint density at radius 1 is 1.09 bits per heavy atom. The molecule has 1 unspecified atom stereocenters. The van der Waals surface area contributed by atoms with Crippen LogP contribution in [0, 0.1) is 0 Å². The Kier molecular flexibility index (Phi) is 5.83. The highest BCUT2D eigenvalue weighted by Crippen LogP contribution is 2.13. The number of amides is 2. The van der Waals surface area contributed by atoms with E-state index < -0.39 is 0 Å². The topological polar surface area (TPSA) is 50.4 Å². The van der Waals surface area contributed by atoms with Crippen molar-refractivity contribution in [3.05, 3.63) is 65.7 Å². The second kappa shape index (κ2) is 8.08. The van der Waals surface area contributed by atoms with Crippen LogP contribution in [0.3, 0.4) is 0 Å². The van der Waals surface area contributed by atoms with Crippen molar-refractivity contribution in [3.8, 4) is 5.75 Å². The number of ether oxygens (including phenoxy) is 1. The summed E-state index contributed by atoms with van der Waals surface area (Å²) in [4.78, 5) is 11.9. The molecule has 0 saturated carbocycles. The summed E-state index contributed by atoms with van der Waals surface area (Å²) in [7, 11) is 1.63. The van der Waals surface area contributed by atoms with Crippen molar-refractivity contribution in [2.45, 2.75) is 19.4 Å². The number of hydrogen-bond donors (Lipinski definition) is 2.